The monoisotopic (exact) mass is 126 g/mol. The van der Waals surface area contributed by atoms with Gasteiger partial charge in [0.15, 0.2) is 0 Å². The number of rotatable bonds is 0. The quantitative estimate of drug-likeness (QED) is 0.520. The van der Waals surface area contributed by atoms with Crippen LogP contribution < -0.4 is 0 Å². The van der Waals surface area contributed by atoms with Crippen LogP contribution in [-0.4, -0.2) is 11.2 Å². The van der Waals surface area contributed by atoms with E-state index < -0.39 is 0 Å². The van der Waals surface area contributed by atoms with Gasteiger partial charge in [-0.25, -0.2) is 0 Å². The summed E-state index contributed by atoms with van der Waals surface area (Å²) in [5, 5.41) is 9.39. The van der Waals surface area contributed by atoms with Gasteiger partial charge in [0.2, 0.25) is 0 Å². The molecule has 3 saturated carbocycles. The van der Waals surface area contributed by atoms with Crippen molar-refractivity contribution in [3.05, 3.63) is 0 Å². The summed E-state index contributed by atoms with van der Waals surface area (Å²) in [6, 6.07) is 0. The van der Waals surface area contributed by atoms with Crippen LogP contribution in [0.25, 0.3) is 0 Å². The molecule has 2 bridgehead atoms. The number of fused-ring (bicyclic) bond motifs is 2. The van der Waals surface area contributed by atoms with Gasteiger partial charge >= 0.3 is 0 Å². The zero-order valence-electron chi connectivity index (χ0n) is 5.88. The van der Waals surface area contributed by atoms with Crippen molar-refractivity contribution in [2.75, 3.05) is 0 Å². The van der Waals surface area contributed by atoms with Crippen molar-refractivity contribution in [3.63, 3.8) is 0 Å². The van der Waals surface area contributed by atoms with Gasteiger partial charge < -0.3 is 5.11 Å². The highest BCUT2D eigenvalue weighted by atomic mass is 16.3. The highest BCUT2D eigenvalue weighted by Crippen LogP contribution is 2.50. The van der Waals surface area contributed by atoms with Crippen LogP contribution in [-0.2, 0) is 0 Å². The van der Waals surface area contributed by atoms with Crippen LogP contribution in [0.4, 0.5) is 0 Å². The molecule has 0 amide bonds. The molecule has 0 spiro atoms. The third kappa shape index (κ3) is 0.644. The van der Waals surface area contributed by atoms with E-state index in [2.05, 4.69) is 6.92 Å². The third-order valence-corrected chi connectivity index (χ3v) is 3.32. The lowest BCUT2D eigenvalue weighted by molar-refractivity contribution is -0.0775. The summed E-state index contributed by atoms with van der Waals surface area (Å²) in [7, 11) is 0. The van der Waals surface area contributed by atoms with Crippen LogP contribution >= 0.6 is 0 Å². The molecule has 52 valence electrons. The average Bonchev–Trinajstić information content (AvgIpc) is 1.86. The zero-order valence-corrected chi connectivity index (χ0v) is 5.88. The second kappa shape index (κ2) is 1.72. The molecule has 0 aromatic carbocycles. The topological polar surface area (TPSA) is 20.2 Å². The molecule has 3 aliphatic carbocycles. The smallest absolute Gasteiger partial charge is 0.0571 e. The predicted molar refractivity (Wildman–Crippen MR) is 36.0 cm³/mol. The fraction of sp³-hybridized carbons (Fsp3) is 1.00. The largest absolute Gasteiger partial charge is 0.393 e. The van der Waals surface area contributed by atoms with Crippen molar-refractivity contribution < 1.29 is 5.11 Å². The van der Waals surface area contributed by atoms with Gasteiger partial charge in [-0.1, -0.05) is 6.92 Å². The Labute approximate surface area is 56.1 Å². The van der Waals surface area contributed by atoms with E-state index in [4.69, 9.17) is 0 Å². The van der Waals surface area contributed by atoms with Gasteiger partial charge in [-0.05, 0) is 37.0 Å². The molecule has 0 aliphatic heterocycles. The Balaban J connectivity index is 2.06. The maximum Gasteiger partial charge on any atom is 0.0571 e. The highest BCUT2D eigenvalue weighted by molar-refractivity contribution is 4.95. The van der Waals surface area contributed by atoms with Crippen molar-refractivity contribution in [1.29, 1.82) is 0 Å². The first kappa shape index (κ1) is 5.72. The Morgan fingerprint density at radius 3 is 2.44 bits per heavy atom. The van der Waals surface area contributed by atoms with E-state index in [1.807, 2.05) is 0 Å². The van der Waals surface area contributed by atoms with E-state index >= 15 is 0 Å². The van der Waals surface area contributed by atoms with Gasteiger partial charge in [-0.3, -0.25) is 0 Å². The Morgan fingerprint density at radius 1 is 1.33 bits per heavy atom. The van der Waals surface area contributed by atoms with Gasteiger partial charge in [0.05, 0.1) is 6.10 Å². The van der Waals surface area contributed by atoms with Gasteiger partial charge in [0, 0.05) is 0 Å². The van der Waals surface area contributed by atoms with Gasteiger partial charge in [0.25, 0.3) is 0 Å². The van der Waals surface area contributed by atoms with E-state index in [-0.39, 0.29) is 6.10 Å². The fourth-order valence-corrected chi connectivity index (χ4v) is 2.42. The summed E-state index contributed by atoms with van der Waals surface area (Å²) in [5.41, 5.74) is 0. The number of aliphatic hydroxyl groups is 1. The van der Waals surface area contributed by atoms with Crippen LogP contribution in [0.2, 0.25) is 0 Å². The lowest BCUT2D eigenvalue weighted by Crippen LogP contribution is -2.47. The lowest BCUT2D eigenvalue weighted by atomic mass is 9.57. The summed E-state index contributed by atoms with van der Waals surface area (Å²) in [6.07, 6.45) is 3.70. The Morgan fingerprint density at radius 2 is 2.11 bits per heavy atom. The molecule has 3 aliphatic rings. The Hall–Kier alpha value is -0.0400. The summed E-state index contributed by atoms with van der Waals surface area (Å²) in [4.78, 5) is 0. The molecule has 0 aromatic heterocycles. The van der Waals surface area contributed by atoms with Crippen molar-refractivity contribution in [2.24, 2.45) is 17.8 Å². The van der Waals surface area contributed by atoms with Gasteiger partial charge in [0.1, 0.15) is 0 Å². The van der Waals surface area contributed by atoms with Crippen LogP contribution in [0, 0.1) is 17.8 Å². The maximum absolute atomic E-state index is 9.39. The number of hydrogen-bond donors (Lipinski definition) is 1. The first-order valence-corrected chi connectivity index (χ1v) is 3.97. The van der Waals surface area contributed by atoms with Crippen molar-refractivity contribution in [3.8, 4) is 0 Å². The fourth-order valence-electron chi connectivity index (χ4n) is 2.42. The zero-order chi connectivity index (χ0) is 6.43. The molecule has 4 atom stereocenters. The molecular weight excluding hydrogens is 112 g/mol. The van der Waals surface area contributed by atoms with E-state index in [0.717, 1.165) is 18.3 Å². The molecule has 0 aromatic rings. The molecule has 3 fully saturated rings. The minimum absolute atomic E-state index is 0.0463. The van der Waals surface area contributed by atoms with E-state index in [1.54, 1.807) is 0 Å². The molecule has 0 radical (unpaired) electrons. The molecule has 3 rings (SSSR count). The SMILES string of the molecule is CC1C2CCC(O)C1C2. The molecule has 1 N–H and O–H groups in total. The molecule has 0 saturated heterocycles. The van der Waals surface area contributed by atoms with Gasteiger partial charge in [-0.15, -0.1) is 0 Å². The second-order valence-electron chi connectivity index (χ2n) is 3.66. The molecule has 9 heavy (non-hydrogen) atoms. The third-order valence-electron chi connectivity index (χ3n) is 3.32. The van der Waals surface area contributed by atoms with Crippen molar-refractivity contribution >= 4 is 0 Å². The molecular formula is C8H14O. The normalized spacial score (nSPS) is 56.7. The molecule has 4 unspecified atom stereocenters. The molecule has 1 heteroatoms. The molecule has 1 nitrogen and oxygen atoms in total. The van der Waals surface area contributed by atoms with E-state index in [1.165, 1.54) is 12.8 Å². The standard InChI is InChI=1S/C8H14O/c1-5-6-2-3-8(9)7(5)4-6/h5-9H,2-4H2,1H3. The Kier molecular flexibility index (Phi) is 1.10. The number of hydrogen-bond acceptors (Lipinski definition) is 1. The van der Waals surface area contributed by atoms with Crippen LogP contribution in [0.1, 0.15) is 26.2 Å². The summed E-state index contributed by atoms with van der Waals surface area (Å²) >= 11 is 0. The predicted octanol–water partition coefficient (Wildman–Crippen LogP) is 1.41. The molecule has 0 heterocycles. The Bertz CT molecular complexity index is 116. The van der Waals surface area contributed by atoms with Crippen molar-refractivity contribution in [2.45, 2.75) is 32.3 Å². The van der Waals surface area contributed by atoms with Crippen LogP contribution in [0.3, 0.4) is 0 Å². The van der Waals surface area contributed by atoms with Crippen LogP contribution in [0.5, 0.6) is 0 Å². The summed E-state index contributed by atoms with van der Waals surface area (Å²) in [5.74, 6) is 2.47. The number of aliphatic hydroxyl groups excluding tert-OH is 1. The minimum Gasteiger partial charge on any atom is -0.393 e. The van der Waals surface area contributed by atoms with Crippen molar-refractivity contribution in [1.82, 2.24) is 0 Å². The van der Waals surface area contributed by atoms with Gasteiger partial charge in [-0.2, -0.15) is 0 Å². The second-order valence-corrected chi connectivity index (χ2v) is 3.66. The first-order valence-electron chi connectivity index (χ1n) is 3.97. The summed E-state index contributed by atoms with van der Waals surface area (Å²) < 4.78 is 0. The average molecular weight is 126 g/mol. The first-order chi connectivity index (χ1) is 4.29. The lowest BCUT2D eigenvalue weighted by Gasteiger charge is -2.50. The summed E-state index contributed by atoms with van der Waals surface area (Å²) in [6.45, 7) is 2.28. The maximum atomic E-state index is 9.39. The highest BCUT2D eigenvalue weighted by Gasteiger charge is 2.45. The van der Waals surface area contributed by atoms with Crippen LogP contribution in [0.15, 0.2) is 0 Å². The van der Waals surface area contributed by atoms with E-state index in [9.17, 15) is 5.11 Å². The minimum atomic E-state index is 0.0463. The van der Waals surface area contributed by atoms with E-state index in [0.29, 0.717) is 5.92 Å².